The topological polar surface area (TPSA) is 38.5 Å². The first-order valence-electron chi connectivity index (χ1n) is 5.98. The summed E-state index contributed by atoms with van der Waals surface area (Å²) in [5.41, 5.74) is 7.00. The number of rotatable bonds is 4. The SMILES string of the molecule is CN(C1CCOC1)C(CN)c1ccccc1Cl. The first-order chi connectivity index (χ1) is 8.24. The van der Waals surface area contributed by atoms with Crippen LogP contribution in [0.15, 0.2) is 24.3 Å². The van der Waals surface area contributed by atoms with Crippen LogP contribution in [0.5, 0.6) is 0 Å². The normalized spacial score (nSPS) is 22.0. The predicted octanol–water partition coefficient (Wildman–Crippen LogP) is 2.06. The Morgan fingerprint density at radius 3 is 2.88 bits per heavy atom. The van der Waals surface area contributed by atoms with Gasteiger partial charge in [0.1, 0.15) is 0 Å². The lowest BCUT2D eigenvalue weighted by molar-refractivity contribution is 0.134. The van der Waals surface area contributed by atoms with Gasteiger partial charge < -0.3 is 10.5 Å². The molecule has 17 heavy (non-hydrogen) atoms. The van der Waals surface area contributed by atoms with Crippen molar-refractivity contribution in [2.24, 2.45) is 5.73 Å². The van der Waals surface area contributed by atoms with Gasteiger partial charge in [-0.25, -0.2) is 0 Å². The number of ether oxygens (including phenoxy) is 1. The third kappa shape index (κ3) is 2.80. The maximum absolute atomic E-state index is 6.24. The van der Waals surface area contributed by atoms with Crippen LogP contribution in [0.4, 0.5) is 0 Å². The molecule has 0 aliphatic carbocycles. The standard InChI is InChI=1S/C13H19ClN2O/c1-16(10-6-7-17-9-10)13(8-15)11-4-2-3-5-12(11)14/h2-5,10,13H,6-9,15H2,1H3. The zero-order valence-corrected chi connectivity index (χ0v) is 10.9. The van der Waals surface area contributed by atoms with Crippen molar-refractivity contribution < 1.29 is 4.74 Å². The van der Waals surface area contributed by atoms with E-state index < -0.39 is 0 Å². The lowest BCUT2D eigenvalue weighted by atomic mass is 10.0. The van der Waals surface area contributed by atoms with Crippen molar-refractivity contribution in [3.05, 3.63) is 34.9 Å². The van der Waals surface area contributed by atoms with Crippen molar-refractivity contribution in [2.75, 3.05) is 26.8 Å². The minimum Gasteiger partial charge on any atom is -0.380 e. The van der Waals surface area contributed by atoms with E-state index in [2.05, 4.69) is 11.9 Å². The molecule has 2 rings (SSSR count). The third-order valence-corrected chi connectivity index (χ3v) is 3.80. The second-order valence-corrected chi connectivity index (χ2v) is 4.86. The number of likely N-dealkylation sites (N-methyl/N-ethyl adjacent to an activating group) is 1. The van der Waals surface area contributed by atoms with Crippen molar-refractivity contribution in [3.63, 3.8) is 0 Å². The lowest BCUT2D eigenvalue weighted by Crippen LogP contribution is -2.39. The fourth-order valence-electron chi connectivity index (χ4n) is 2.36. The fourth-order valence-corrected chi connectivity index (χ4v) is 2.62. The van der Waals surface area contributed by atoms with Gasteiger partial charge >= 0.3 is 0 Å². The Morgan fingerprint density at radius 2 is 2.29 bits per heavy atom. The van der Waals surface area contributed by atoms with Crippen LogP contribution in [0.1, 0.15) is 18.0 Å². The number of nitrogens with two attached hydrogens (primary N) is 1. The van der Waals surface area contributed by atoms with Crippen molar-refractivity contribution >= 4 is 11.6 Å². The molecule has 0 spiro atoms. The van der Waals surface area contributed by atoms with Gasteiger partial charge in [0.05, 0.1) is 6.61 Å². The average molecular weight is 255 g/mol. The van der Waals surface area contributed by atoms with E-state index in [0.717, 1.165) is 30.2 Å². The fraction of sp³-hybridized carbons (Fsp3) is 0.538. The van der Waals surface area contributed by atoms with Crippen LogP contribution in [0.2, 0.25) is 5.02 Å². The highest BCUT2D eigenvalue weighted by atomic mass is 35.5. The highest BCUT2D eigenvalue weighted by Crippen LogP contribution is 2.28. The van der Waals surface area contributed by atoms with Crippen LogP contribution in [-0.2, 0) is 4.74 Å². The molecule has 0 radical (unpaired) electrons. The Kier molecular flexibility index (Phi) is 4.40. The number of hydrogen-bond donors (Lipinski definition) is 1. The van der Waals surface area contributed by atoms with E-state index in [-0.39, 0.29) is 6.04 Å². The first-order valence-corrected chi connectivity index (χ1v) is 6.36. The molecule has 1 aliphatic heterocycles. The monoisotopic (exact) mass is 254 g/mol. The van der Waals surface area contributed by atoms with Gasteiger partial charge in [0.2, 0.25) is 0 Å². The summed E-state index contributed by atoms with van der Waals surface area (Å²) < 4.78 is 5.42. The summed E-state index contributed by atoms with van der Waals surface area (Å²) in [5, 5.41) is 0.786. The molecule has 4 heteroatoms. The largest absolute Gasteiger partial charge is 0.380 e. The molecule has 0 amide bonds. The van der Waals surface area contributed by atoms with E-state index in [0.29, 0.717) is 12.6 Å². The van der Waals surface area contributed by atoms with Crippen LogP contribution in [-0.4, -0.2) is 37.7 Å². The van der Waals surface area contributed by atoms with Gasteiger partial charge in [-0.3, -0.25) is 4.90 Å². The molecule has 0 bridgehead atoms. The number of nitrogens with zero attached hydrogens (tertiary/aromatic N) is 1. The minimum atomic E-state index is 0.162. The summed E-state index contributed by atoms with van der Waals surface area (Å²) >= 11 is 6.24. The Morgan fingerprint density at radius 1 is 1.53 bits per heavy atom. The second kappa shape index (κ2) is 5.83. The maximum atomic E-state index is 6.24. The number of benzene rings is 1. The Bertz CT molecular complexity index is 366. The van der Waals surface area contributed by atoms with Crippen molar-refractivity contribution in [1.82, 2.24) is 4.90 Å². The molecule has 1 fully saturated rings. The molecular weight excluding hydrogens is 236 g/mol. The molecule has 1 aromatic carbocycles. The molecule has 1 saturated heterocycles. The quantitative estimate of drug-likeness (QED) is 0.894. The highest BCUT2D eigenvalue weighted by Gasteiger charge is 2.27. The number of hydrogen-bond acceptors (Lipinski definition) is 3. The van der Waals surface area contributed by atoms with Crippen LogP contribution < -0.4 is 5.73 Å². The molecule has 2 atom stereocenters. The zero-order valence-electron chi connectivity index (χ0n) is 10.1. The first kappa shape index (κ1) is 12.8. The smallest absolute Gasteiger partial charge is 0.0622 e. The van der Waals surface area contributed by atoms with Gasteiger partial charge in [-0.2, -0.15) is 0 Å². The molecule has 94 valence electrons. The highest BCUT2D eigenvalue weighted by molar-refractivity contribution is 6.31. The summed E-state index contributed by atoms with van der Waals surface area (Å²) in [7, 11) is 2.10. The summed E-state index contributed by atoms with van der Waals surface area (Å²) in [4.78, 5) is 2.29. The summed E-state index contributed by atoms with van der Waals surface area (Å²) in [5.74, 6) is 0. The zero-order chi connectivity index (χ0) is 12.3. The van der Waals surface area contributed by atoms with E-state index >= 15 is 0 Å². The van der Waals surface area contributed by atoms with Crippen molar-refractivity contribution in [2.45, 2.75) is 18.5 Å². The van der Waals surface area contributed by atoms with Crippen LogP contribution >= 0.6 is 11.6 Å². The van der Waals surface area contributed by atoms with Crippen molar-refractivity contribution in [3.8, 4) is 0 Å². The maximum Gasteiger partial charge on any atom is 0.0622 e. The van der Waals surface area contributed by atoms with Crippen LogP contribution in [0.3, 0.4) is 0 Å². The van der Waals surface area contributed by atoms with Gasteiger partial charge in [0.25, 0.3) is 0 Å². The number of halogens is 1. The van der Waals surface area contributed by atoms with Gasteiger partial charge in [0, 0.05) is 30.3 Å². The van der Waals surface area contributed by atoms with E-state index in [1.165, 1.54) is 0 Å². The van der Waals surface area contributed by atoms with Crippen LogP contribution in [0.25, 0.3) is 0 Å². The van der Waals surface area contributed by atoms with E-state index in [9.17, 15) is 0 Å². The second-order valence-electron chi connectivity index (χ2n) is 4.46. The van der Waals surface area contributed by atoms with E-state index in [1.54, 1.807) is 0 Å². The summed E-state index contributed by atoms with van der Waals surface area (Å²) in [6, 6.07) is 8.52. The summed E-state index contributed by atoms with van der Waals surface area (Å²) in [6.45, 7) is 2.20. The van der Waals surface area contributed by atoms with E-state index in [1.807, 2.05) is 24.3 Å². The van der Waals surface area contributed by atoms with Crippen molar-refractivity contribution in [1.29, 1.82) is 0 Å². The molecule has 1 aliphatic rings. The van der Waals surface area contributed by atoms with Gasteiger partial charge in [-0.05, 0) is 25.1 Å². The third-order valence-electron chi connectivity index (χ3n) is 3.46. The van der Waals surface area contributed by atoms with Gasteiger partial charge in [-0.15, -0.1) is 0 Å². The minimum absolute atomic E-state index is 0.162. The lowest BCUT2D eigenvalue weighted by Gasteiger charge is -2.32. The Balaban J connectivity index is 2.18. The average Bonchev–Trinajstić information content (AvgIpc) is 2.86. The molecule has 2 unspecified atom stereocenters. The molecule has 1 aromatic rings. The summed E-state index contributed by atoms with van der Waals surface area (Å²) in [6.07, 6.45) is 1.07. The van der Waals surface area contributed by atoms with Gasteiger partial charge in [-0.1, -0.05) is 29.8 Å². The van der Waals surface area contributed by atoms with E-state index in [4.69, 9.17) is 22.1 Å². The molecule has 3 nitrogen and oxygen atoms in total. The molecular formula is C13H19ClN2O. The Labute approximate surface area is 107 Å². The predicted molar refractivity (Wildman–Crippen MR) is 70.2 cm³/mol. The molecule has 1 heterocycles. The Hall–Kier alpha value is -0.610. The van der Waals surface area contributed by atoms with Crippen LogP contribution in [0, 0.1) is 0 Å². The molecule has 0 aromatic heterocycles. The molecule has 2 N–H and O–H groups in total. The molecule has 0 saturated carbocycles. The van der Waals surface area contributed by atoms with Gasteiger partial charge in [0.15, 0.2) is 0 Å².